The molecule has 12 nitrogen and oxygen atoms in total. The molecule has 1 aliphatic rings. The summed E-state index contributed by atoms with van der Waals surface area (Å²) in [6.45, 7) is 9.98. The number of ether oxygens (including phenoxy) is 3. The highest BCUT2D eigenvalue weighted by Crippen LogP contribution is 2.44. The Morgan fingerprint density at radius 1 is 0.764 bits per heavy atom. The molecular formula is C43H56N4O8. The molecule has 0 spiro atoms. The first-order valence-corrected chi connectivity index (χ1v) is 19.2. The first-order chi connectivity index (χ1) is 26.4. The van der Waals surface area contributed by atoms with Crippen LogP contribution in [0.15, 0.2) is 78.9 Å². The van der Waals surface area contributed by atoms with E-state index in [9.17, 15) is 24.0 Å². The molecule has 0 aliphatic heterocycles. The summed E-state index contributed by atoms with van der Waals surface area (Å²) in [7, 11) is 0. The van der Waals surface area contributed by atoms with Crippen LogP contribution in [0, 0.1) is 5.92 Å². The molecule has 0 radical (unpaired) electrons. The molecule has 1 aliphatic carbocycles. The minimum atomic E-state index is -0.994. The van der Waals surface area contributed by atoms with Gasteiger partial charge < -0.3 is 35.1 Å². The third kappa shape index (κ3) is 13.4. The van der Waals surface area contributed by atoms with Crippen LogP contribution in [0.2, 0.25) is 0 Å². The van der Waals surface area contributed by atoms with Crippen LogP contribution >= 0.6 is 0 Å². The molecule has 0 aromatic heterocycles. The van der Waals surface area contributed by atoms with Crippen LogP contribution in [-0.4, -0.2) is 79.3 Å². The molecule has 1 atom stereocenters. The fourth-order valence-electron chi connectivity index (χ4n) is 6.51. The second kappa shape index (κ2) is 20.9. The number of carbonyl (C=O) groups is 5. The average molecular weight is 757 g/mol. The van der Waals surface area contributed by atoms with E-state index in [1.165, 1.54) is 0 Å². The Morgan fingerprint density at radius 3 is 2.00 bits per heavy atom. The molecule has 3 aromatic rings. The molecule has 0 fully saturated rings. The molecule has 3 N–H and O–H groups in total. The van der Waals surface area contributed by atoms with Gasteiger partial charge in [0.15, 0.2) is 5.78 Å². The van der Waals surface area contributed by atoms with Crippen LogP contribution in [0.3, 0.4) is 0 Å². The number of carbonyl (C=O) groups excluding carboxylic acids is 5. The van der Waals surface area contributed by atoms with Crippen molar-refractivity contribution < 1.29 is 38.2 Å². The van der Waals surface area contributed by atoms with Gasteiger partial charge in [-0.3, -0.25) is 9.59 Å². The van der Waals surface area contributed by atoms with E-state index in [-0.39, 0.29) is 69.2 Å². The molecular weight excluding hydrogens is 700 g/mol. The summed E-state index contributed by atoms with van der Waals surface area (Å²) in [5.74, 6) is -0.636. The molecule has 0 saturated carbocycles. The highest BCUT2D eigenvalue weighted by molar-refractivity contribution is 5.87. The Kier molecular flexibility index (Phi) is 16.1. The fourth-order valence-corrected chi connectivity index (χ4v) is 6.51. The zero-order valence-corrected chi connectivity index (χ0v) is 32.7. The summed E-state index contributed by atoms with van der Waals surface area (Å²) in [5.41, 5.74) is 4.49. The zero-order chi connectivity index (χ0) is 39.8. The summed E-state index contributed by atoms with van der Waals surface area (Å²) in [6.07, 6.45) is 0.133. The quantitative estimate of drug-likeness (QED) is 0.0849. The third-order valence-corrected chi connectivity index (χ3v) is 9.52. The Hall–Kier alpha value is -5.39. The van der Waals surface area contributed by atoms with E-state index in [4.69, 9.17) is 14.2 Å². The molecule has 4 rings (SSSR count). The number of nitrogens with one attached hydrogen (secondary N) is 3. The number of benzene rings is 3. The molecule has 0 unspecified atom stereocenters. The van der Waals surface area contributed by atoms with Crippen LogP contribution in [0.4, 0.5) is 14.4 Å². The Balaban J connectivity index is 1.41. The largest absolute Gasteiger partial charge is 0.449 e. The summed E-state index contributed by atoms with van der Waals surface area (Å²) < 4.78 is 16.4. The van der Waals surface area contributed by atoms with Crippen LogP contribution in [0.25, 0.3) is 11.1 Å². The first kappa shape index (κ1) is 42.4. The van der Waals surface area contributed by atoms with Gasteiger partial charge in [-0.1, -0.05) is 106 Å². The molecule has 0 heterocycles. The van der Waals surface area contributed by atoms with Crippen molar-refractivity contribution in [2.45, 2.75) is 90.9 Å². The predicted molar refractivity (Wildman–Crippen MR) is 210 cm³/mol. The van der Waals surface area contributed by atoms with Gasteiger partial charge in [-0.05, 0) is 67.3 Å². The van der Waals surface area contributed by atoms with Crippen molar-refractivity contribution in [3.63, 3.8) is 0 Å². The van der Waals surface area contributed by atoms with Gasteiger partial charge in [0.2, 0.25) is 5.91 Å². The van der Waals surface area contributed by atoms with Gasteiger partial charge in [-0.15, -0.1) is 0 Å². The predicted octanol–water partition coefficient (Wildman–Crippen LogP) is 7.35. The van der Waals surface area contributed by atoms with E-state index in [0.29, 0.717) is 13.0 Å². The van der Waals surface area contributed by atoms with Crippen molar-refractivity contribution in [1.29, 1.82) is 0 Å². The van der Waals surface area contributed by atoms with Crippen LogP contribution < -0.4 is 16.0 Å². The van der Waals surface area contributed by atoms with Gasteiger partial charge in [0, 0.05) is 32.0 Å². The normalized spacial score (nSPS) is 12.5. The second-order valence-corrected chi connectivity index (χ2v) is 14.8. The highest BCUT2D eigenvalue weighted by Gasteiger charge is 2.31. The topological polar surface area (TPSA) is 152 Å². The van der Waals surface area contributed by atoms with Crippen molar-refractivity contribution in [2.24, 2.45) is 5.92 Å². The van der Waals surface area contributed by atoms with Gasteiger partial charge in [-0.2, -0.15) is 0 Å². The maximum absolute atomic E-state index is 14.3. The van der Waals surface area contributed by atoms with Crippen molar-refractivity contribution in [2.75, 3.05) is 32.8 Å². The molecule has 0 bridgehead atoms. The first-order valence-electron chi connectivity index (χ1n) is 19.2. The second-order valence-electron chi connectivity index (χ2n) is 14.8. The Labute approximate surface area is 324 Å². The molecule has 4 amide bonds. The molecule has 55 heavy (non-hydrogen) atoms. The number of ketones is 1. The van der Waals surface area contributed by atoms with E-state index in [0.717, 1.165) is 40.7 Å². The number of fused-ring (bicyclic) bond motifs is 3. The van der Waals surface area contributed by atoms with Crippen molar-refractivity contribution >= 4 is 30.0 Å². The average Bonchev–Trinajstić information content (AvgIpc) is 3.49. The number of amides is 4. The number of nitrogens with zero attached hydrogens (tertiary/aromatic N) is 1. The molecule has 12 heteroatoms. The van der Waals surface area contributed by atoms with Crippen molar-refractivity contribution in [3.05, 3.63) is 95.6 Å². The number of rotatable bonds is 19. The lowest BCUT2D eigenvalue weighted by Gasteiger charge is -2.30. The van der Waals surface area contributed by atoms with E-state index in [1.54, 1.807) is 25.7 Å². The van der Waals surface area contributed by atoms with Gasteiger partial charge >= 0.3 is 18.3 Å². The monoisotopic (exact) mass is 756 g/mol. The maximum atomic E-state index is 14.3. The standard InChI is InChI=1S/C43H56N4O8/c1-6-30(7-2)27-47(25-23-32(48)26-45-40(50)53-28-31-16-9-8-10-17-31)39(49)38(22-15-24-44-41(51)55-43(3,4)5)46-42(52)54-29-37-35-20-13-11-18-33(35)34-19-12-14-21-36(34)37/h8-14,16-21,30,37-38H,6-7,15,22-29H2,1-5H3,(H,44,51)(H,45,50)(H,46,52)/t38-/m0/s1. The minimum Gasteiger partial charge on any atom is -0.449 e. The SMILES string of the molecule is CCC(CC)CN(CCC(=O)CNC(=O)OCc1ccccc1)C(=O)[C@H](CCCNC(=O)OC(C)(C)C)NC(=O)OCC1c2ccccc2-c2ccccc21. The molecule has 0 saturated heterocycles. The maximum Gasteiger partial charge on any atom is 0.407 e. The summed E-state index contributed by atoms with van der Waals surface area (Å²) >= 11 is 0. The number of Topliss-reactive ketones (excluding diaryl/α,β-unsaturated/α-hetero) is 1. The fraction of sp³-hybridized carbons (Fsp3) is 0.465. The van der Waals surface area contributed by atoms with E-state index >= 15 is 0 Å². The van der Waals surface area contributed by atoms with Crippen molar-refractivity contribution in [3.8, 4) is 11.1 Å². The lowest BCUT2D eigenvalue weighted by molar-refractivity contribution is -0.134. The van der Waals surface area contributed by atoms with Gasteiger partial charge in [0.1, 0.15) is 24.9 Å². The van der Waals surface area contributed by atoms with Crippen LogP contribution in [-0.2, 0) is 30.4 Å². The lowest BCUT2D eigenvalue weighted by atomic mass is 9.98. The Morgan fingerprint density at radius 2 is 1.38 bits per heavy atom. The Bertz CT molecular complexity index is 1690. The van der Waals surface area contributed by atoms with Gasteiger partial charge in [0.25, 0.3) is 0 Å². The summed E-state index contributed by atoms with van der Waals surface area (Å²) in [6, 6.07) is 24.3. The number of alkyl carbamates (subject to hydrolysis) is 3. The highest BCUT2D eigenvalue weighted by atomic mass is 16.6. The lowest BCUT2D eigenvalue weighted by Crippen LogP contribution is -2.51. The summed E-state index contributed by atoms with van der Waals surface area (Å²) in [5, 5.41) is 8.01. The minimum absolute atomic E-state index is 0.0112. The van der Waals surface area contributed by atoms with E-state index in [1.807, 2.05) is 80.6 Å². The van der Waals surface area contributed by atoms with Gasteiger partial charge in [-0.25, -0.2) is 14.4 Å². The third-order valence-electron chi connectivity index (χ3n) is 9.52. The smallest absolute Gasteiger partial charge is 0.407 e. The molecule has 3 aromatic carbocycles. The van der Waals surface area contributed by atoms with Crippen molar-refractivity contribution in [1.82, 2.24) is 20.9 Å². The zero-order valence-electron chi connectivity index (χ0n) is 32.7. The van der Waals surface area contributed by atoms with Gasteiger partial charge in [0.05, 0.1) is 6.54 Å². The van der Waals surface area contributed by atoms with Crippen LogP contribution in [0.5, 0.6) is 0 Å². The van der Waals surface area contributed by atoms with Crippen LogP contribution in [0.1, 0.15) is 89.3 Å². The van der Waals surface area contributed by atoms with E-state index in [2.05, 4.69) is 28.1 Å². The number of hydrogen-bond acceptors (Lipinski definition) is 8. The number of hydrogen-bond donors (Lipinski definition) is 3. The van der Waals surface area contributed by atoms with E-state index < -0.39 is 29.9 Å². The molecule has 296 valence electrons. The summed E-state index contributed by atoms with van der Waals surface area (Å²) in [4.78, 5) is 66.8.